The van der Waals surface area contributed by atoms with Crippen molar-refractivity contribution in [3.05, 3.63) is 59.2 Å². The average molecular weight is 387 g/mol. The van der Waals surface area contributed by atoms with Gasteiger partial charge in [0, 0.05) is 31.6 Å². The van der Waals surface area contributed by atoms with Gasteiger partial charge in [0.05, 0.1) is 17.1 Å². The second-order valence-corrected chi connectivity index (χ2v) is 9.10. The van der Waals surface area contributed by atoms with Crippen molar-refractivity contribution in [3.8, 4) is 11.5 Å². The Bertz CT molecular complexity index is 956. The van der Waals surface area contributed by atoms with E-state index in [1.807, 2.05) is 35.2 Å². The van der Waals surface area contributed by atoms with Gasteiger partial charge in [-0.1, -0.05) is 24.3 Å². The van der Waals surface area contributed by atoms with E-state index in [1.165, 1.54) is 0 Å². The number of nitrogens with zero attached hydrogens (tertiary/aromatic N) is 1. The number of rotatable bonds is 4. The van der Waals surface area contributed by atoms with E-state index in [2.05, 4.69) is 0 Å². The predicted octanol–water partition coefficient (Wildman–Crippen LogP) is 2.27. The van der Waals surface area contributed by atoms with Gasteiger partial charge in [-0.25, -0.2) is 13.2 Å². The molecule has 2 aromatic carbocycles. The number of esters is 1. The number of carbonyl (C=O) groups excluding carboxylic acids is 1. The summed E-state index contributed by atoms with van der Waals surface area (Å²) in [6.07, 6.45) is 0.626. The summed E-state index contributed by atoms with van der Waals surface area (Å²) in [5.74, 6) is 1.47. The molecule has 6 nitrogen and oxygen atoms in total. The summed E-state index contributed by atoms with van der Waals surface area (Å²) in [4.78, 5) is 14.6. The van der Waals surface area contributed by atoms with E-state index in [1.54, 1.807) is 12.1 Å². The molecule has 0 aromatic heterocycles. The Labute approximate surface area is 158 Å². The average Bonchev–Trinajstić information content (AvgIpc) is 2.67. The Kier molecular flexibility index (Phi) is 4.88. The Hall–Kier alpha value is -2.38. The lowest BCUT2D eigenvalue weighted by molar-refractivity contribution is 0.0464. The second kappa shape index (κ2) is 7.32. The summed E-state index contributed by atoms with van der Waals surface area (Å²) in [6, 6.07) is 13.2. The summed E-state index contributed by atoms with van der Waals surface area (Å²) in [5.41, 5.74) is 2.40. The summed E-state index contributed by atoms with van der Waals surface area (Å²) in [6.45, 7) is 1.76. The maximum Gasteiger partial charge on any atom is 0.338 e. The van der Waals surface area contributed by atoms with E-state index in [4.69, 9.17) is 9.47 Å². The Balaban J connectivity index is 1.39. The summed E-state index contributed by atoms with van der Waals surface area (Å²) >= 11 is 0. The van der Waals surface area contributed by atoms with Crippen LogP contribution in [0.15, 0.2) is 42.5 Å². The third-order valence-corrected chi connectivity index (χ3v) is 6.60. The lowest BCUT2D eigenvalue weighted by atomic mass is 9.96. The first-order valence-electron chi connectivity index (χ1n) is 8.99. The summed E-state index contributed by atoms with van der Waals surface area (Å²) < 4.78 is 34.3. The largest absolute Gasteiger partial charge is 0.461 e. The molecule has 0 bridgehead atoms. The van der Waals surface area contributed by atoms with Crippen LogP contribution in [0.4, 0.5) is 0 Å². The van der Waals surface area contributed by atoms with Crippen LogP contribution in [0.1, 0.15) is 21.5 Å². The van der Waals surface area contributed by atoms with Crippen LogP contribution >= 0.6 is 0 Å². The number of sulfone groups is 1. The molecule has 0 unspecified atom stereocenters. The minimum Gasteiger partial charge on any atom is -0.461 e. The summed E-state index contributed by atoms with van der Waals surface area (Å²) in [7, 11) is -2.90. The highest BCUT2D eigenvalue weighted by Gasteiger charge is 2.24. The number of carbonyl (C=O) groups is 1. The lowest BCUT2D eigenvalue weighted by Crippen LogP contribution is -2.41. The maximum atomic E-state index is 12.6. The van der Waals surface area contributed by atoms with Crippen LogP contribution in [-0.2, 0) is 21.0 Å². The van der Waals surface area contributed by atoms with Gasteiger partial charge in [-0.2, -0.15) is 0 Å². The van der Waals surface area contributed by atoms with Gasteiger partial charge >= 0.3 is 5.97 Å². The van der Waals surface area contributed by atoms with Crippen LogP contribution < -0.4 is 4.74 Å². The molecule has 0 saturated carbocycles. The minimum absolute atomic E-state index is 0.171. The standard InChI is InChI=1S/C20H21NO5S/c22-20(25-11-8-21-9-12-27(23,24)13-10-21)16-5-3-7-19-17(16)14-15-4-1-2-6-18(15)26-19/h1-7H,8-14H2. The molecule has 0 radical (unpaired) electrons. The van der Waals surface area contributed by atoms with Crippen molar-refractivity contribution in [1.29, 1.82) is 0 Å². The molecule has 4 rings (SSSR count). The molecule has 7 heteroatoms. The van der Waals surface area contributed by atoms with Gasteiger partial charge in [-0.05, 0) is 23.8 Å². The number of para-hydroxylation sites is 1. The molecule has 2 heterocycles. The maximum absolute atomic E-state index is 12.6. The number of hydrogen-bond acceptors (Lipinski definition) is 6. The molecule has 142 valence electrons. The molecule has 2 aromatic rings. The first-order chi connectivity index (χ1) is 13.0. The van der Waals surface area contributed by atoms with Gasteiger partial charge < -0.3 is 9.47 Å². The molecule has 1 saturated heterocycles. The zero-order valence-corrected chi connectivity index (χ0v) is 15.7. The fourth-order valence-corrected chi connectivity index (χ4v) is 4.69. The normalized spacial score (nSPS) is 18.1. The molecule has 0 atom stereocenters. The second-order valence-electron chi connectivity index (χ2n) is 6.80. The van der Waals surface area contributed by atoms with Crippen molar-refractivity contribution in [2.45, 2.75) is 6.42 Å². The van der Waals surface area contributed by atoms with E-state index in [0.29, 0.717) is 37.4 Å². The predicted molar refractivity (Wildman–Crippen MR) is 101 cm³/mol. The fraction of sp³-hybridized carbons (Fsp3) is 0.350. The molecule has 0 aliphatic carbocycles. The highest BCUT2D eigenvalue weighted by molar-refractivity contribution is 7.91. The monoisotopic (exact) mass is 387 g/mol. The Morgan fingerprint density at radius 2 is 1.78 bits per heavy atom. The Morgan fingerprint density at radius 1 is 1.04 bits per heavy atom. The van der Waals surface area contributed by atoms with Gasteiger partial charge in [0.1, 0.15) is 18.1 Å². The van der Waals surface area contributed by atoms with Gasteiger partial charge in [-0.3, -0.25) is 4.90 Å². The van der Waals surface area contributed by atoms with Crippen molar-refractivity contribution in [3.63, 3.8) is 0 Å². The van der Waals surface area contributed by atoms with Crippen LogP contribution in [0.25, 0.3) is 0 Å². The topological polar surface area (TPSA) is 72.9 Å². The fourth-order valence-electron chi connectivity index (χ4n) is 3.41. The quantitative estimate of drug-likeness (QED) is 0.640. The zero-order valence-electron chi connectivity index (χ0n) is 14.9. The third kappa shape index (κ3) is 3.99. The van der Waals surface area contributed by atoms with Crippen molar-refractivity contribution in [1.82, 2.24) is 4.90 Å². The zero-order chi connectivity index (χ0) is 18.9. The van der Waals surface area contributed by atoms with Crippen LogP contribution in [0.5, 0.6) is 11.5 Å². The molecule has 2 aliphatic heterocycles. The van der Waals surface area contributed by atoms with Crippen LogP contribution in [0, 0.1) is 0 Å². The van der Waals surface area contributed by atoms with E-state index >= 15 is 0 Å². The van der Waals surface area contributed by atoms with Crippen molar-refractivity contribution in [2.75, 3.05) is 37.7 Å². The van der Waals surface area contributed by atoms with E-state index < -0.39 is 9.84 Å². The molecule has 27 heavy (non-hydrogen) atoms. The molecule has 1 fully saturated rings. The van der Waals surface area contributed by atoms with Gasteiger partial charge in [0.15, 0.2) is 9.84 Å². The van der Waals surface area contributed by atoms with Crippen molar-refractivity contribution in [2.24, 2.45) is 0 Å². The van der Waals surface area contributed by atoms with Gasteiger partial charge in [0.2, 0.25) is 0 Å². The highest BCUT2D eigenvalue weighted by atomic mass is 32.2. The van der Waals surface area contributed by atoms with Crippen LogP contribution in [-0.4, -0.2) is 57.0 Å². The van der Waals surface area contributed by atoms with Crippen molar-refractivity contribution < 1.29 is 22.7 Å². The number of fused-ring (bicyclic) bond motifs is 2. The van der Waals surface area contributed by atoms with E-state index in [-0.39, 0.29) is 24.1 Å². The van der Waals surface area contributed by atoms with Crippen LogP contribution in [0.2, 0.25) is 0 Å². The molecular formula is C20H21NO5S. The van der Waals surface area contributed by atoms with Crippen LogP contribution in [0.3, 0.4) is 0 Å². The highest BCUT2D eigenvalue weighted by Crippen LogP contribution is 2.37. The molecule has 0 N–H and O–H groups in total. The van der Waals surface area contributed by atoms with Crippen molar-refractivity contribution >= 4 is 15.8 Å². The minimum atomic E-state index is -2.90. The SMILES string of the molecule is O=C(OCCN1CCS(=O)(=O)CC1)c1cccc2c1Cc1ccccc1O2. The lowest BCUT2D eigenvalue weighted by Gasteiger charge is -2.26. The first kappa shape index (κ1) is 18.0. The van der Waals surface area contributed by atoms with E-state index in [0.717, 1.165) is 16.9 Å². The Morgan fingerprint density at radius 3 is 2.59 bits per heavy atom. The van der Waals surface area contributed by atoms with Gasteiger partial charge in [-0.15, -0.1) is 0 Å². The van der Waals surface area contributed by atoms with E-state index in [9.17, 15) is 13.2 Å². The van der Waals surface area contributed by atoms with Gasteiger partial charge in [0.25, 0.3) is 0 Å². The molecule has 0 amide bonds. The number of ether oxygens (including phenoxy) is 2. The molecule has 2 aliphatic rings. The summed E-state index contributed by atoms with van der Waals surface area (Å²) in [5, 5.41) is 0. The smallest absolute Gasteiger partial charge is 0.338 e. The molecule has 0 spiro atoms. The number of hydrogen-bond donors (Lipinski definition) is 0. The first-order valence-corrected chi connectivity index (χ1v) is 10.8. The number of benzene rings is 2. The molecular weight excluding hydrogens is 366 g/mol. The third-order valence-electron chi connectivity index (χ3n) is 4.99.